The first-order valence-corrected chi connectivity index (χ1v) is 4.72. The zero-order valence-corrected chi connectivity index (χ0v) is 9.46. The lowest BCUT2D eigenvalue weighted by molar-refractivity contribution is -0.0470. The van der Waals surface area contributed by atoms with Crippen LogP contribution in [0.5, 0.6) is 0 Å². The second kappa shape index (κ2) is 6.83. The van der Waals surface area contributed by atoms with Crippen LogP contribution in [0, 0.1) is 11.8 Å². The van der Waals surface area contributed by atoms with E-state index in [0.717, 1.165) is 0 Å². The summed E-state index contributed by atoms with van der Waals surface area (Å²) in [5.74, 6) is 5.59. The van der Waals surface area contributed by atoms with Crippen LogP contribution in [-0.2, 0) is 9.47 Å². The lowest BCUT2D eigenvalue weighted by atomic mass is 10.2. The Morgan fingerprint density at radius 2 is 1.93 bits per heavy atom. The zero-order chi connectivity index (χ0) is 11.0. The van der Waals surface area contributed by atoms with E-state index in [1.165, 1.54) is 0 Å². The summed E-state index contributed by atoms with van der Waals surface area (Å²) in [5.41, 5.74) is -0.207. The molecule has 14 heavy (non-hydrogen) atoms. The Morgan fingerprint density at radius 3 is 2.43 bits per heavy atom. The Hall–Kier alpha value is -0.560. The lowest BCUT2D eigenvalue weighted by Gasteiger charge is -2.21. The van der Waals surface area contributed by atoms with Crippen molar-refractivity contribution in [2.75, 3.05) is 20.3 Å². The van der Waals surface area contributed by atoms with E-state index in [1.807, 2.05) is 20.8 Å². The van der Waals surface area contributed by atoms with Gasteiger partial charge in [-0.3, -0.25) is 0 Å². The molecule has 0 saturated heterocycles. The average molecular weight is 200 g/mol. The molecule has 0 radical (unpaired) electrons. The molecule has 0 aromatic carbocycles. The second-order valence-corrected chi connectivity index (χ2v) is 4.07. The molecule has 0 saturated carbocycles. The second-order valence-electron chi connectivity index (χ2n) is 4.07. The highest BCUT2D eigenvalue weighted by Crippen LogP contribution is 2.07. The van der Waals surface area contributed by atoms with Gasteiger partial charge in [0.25, 0.3) is 0 Å². The van der Waals surface area contributed by atoms with Gasteiger partial charge in [0.2, 0.25) is 0 Å². The minimum absolute atomic E-state index is 0.207. The first kappa shape index (κ1) is 13.4. The summed E-state index contributed by atoms with van der Waals surface area (Å²) in [6.07, 6.45) is -0.0852. The van der Waals surface area contributed by atoms with Gasteiger partial charge < -0.3 is 14.6 Å². The Bertz CT molecular complexity index is 195. The molecule has 1 atom stereocenters. The molecule has 0 spiro atoms. The molecule has 0 rings (SSSR count). The smallest absolute Gasteiger partial charge is 0.107 e. The van der Waals surface area contributed by atoms with Gasteiger partial charge in [0.15, 0.2) is 0 Å². The molecule has 0 amide bonds. The minimum Gasteiger partial charge on any atom is -0.390 e. The van der Waals surface area contributed by atoms with Gasteiger partial charge in [-0.05, 0) is 20.8 Å². The number of aliphatic hydroxyl groups is 1. The van der Waals surface area contributed by atoms with Crippen LogP contribution in [-0.4, -0.2) is 37.1 Å². The van der Waals surface area contributed by atoms with E-state index < -0.39 is 6.10 Å². The number of aliphatic hydroxyl groups excluding tert-OH is 1. The summed E-state index contributed by atoms with van der Waals surface area (Å²) >= 11 is 0. The number of rotatable bonds is 4. The molecule has 0 fully saturated rings. The van der Waals surface area contributed by atoms with Gasteiger partial charge in [-0.15, -0.1) is 0 Å². The fourth-order valence-electron chi connectivity index (χ4n) is 0.718. The zero-order valence-electron chi connectivity index (χ0n) is 9.46. The highest BCUT2D eigenvalue weighted by molar-refractivity contribution is 5.00. The minimum atomic E-state index is -0.515. The maximum absolute atomic E-state index is 9.44. The first-order valence-electron chi connectivity index (χ1n) is 4.72. The fraction of sp³-hybridized carbons (Fsp3) is 0.818. The summed E-state index contributed by atoms with van der Waals surface area (Å²) in [6.45, 7) is 6.60. The van der Waals surface area contributed by atoms with Crippen LogP contribution in [0.1, 0.15) is 27.2 Å². The molecule has 0 aromatic heterocycles. The normalized spacial score (nSPS) is 13.2. The molecule has 3 nitrogen and oxygen atoms in total. The maximum atomic E-state index is 9.44. The molecule has 0 aliphatic rings. The van der Waals surface area contributed by atoms with Crippen molar-refractivity contribution in [1.29, 1.82) is 0 Å². The van der Waals surface area contributed by atoms with Crippen LogP contribution in [0.15, 0.2) is 0 Å². The third kappa shape index (κ3) is 9.53. The van der Waals surface area contributed by atoms with Crippen molar-refractivity contribution in [3.8, 4) is 11.8 Å². The number of hydrogen-bond donors (Lipinski definition) is 1. The van der Waals surface area contributed by atoms with Crippen LogP contribution in [0.3, 0.4) is 0 Å². The Kier molecular flexibility index (Phi) is 6.56. The van der Waals surface area contributed by atoms with Crippen molar-refractivity contribution >= 4 is 0 Å². The Balaban J connectivity index is 3.57. The molecule has 0 bridgehead atoms. The molecule has 0 aliphatic carbocycles. The summed E-state index contributed by atoms with van der Waals surface area (Å²) in [4.78, 5) is 0. The van der Waals surface area contributed by atoms with Crippen LogP contribution in [0.2, 0.25) is 0 Å². The average Bonchev–Trinajstić information content (AvgIpc) is 2.08. The molecule has 0 unspecified atom stereocenters. The molecule has 3 heteroatoms. The van der Waals surface area contributed by atoms with Gasteiger partial charge >= 0.3 is 0 Å². The molecule has 82 valence electrons. The highest BCUT2D eigenvalue weighted by Gasteiger charge is 2.12. The monoisotopic (exact) mass is 200 g/mol. The lowest BCUT2D eigenvalue weighted by Crippen LogP contribution is -2.25. The number of hydrogen-bond acceptors (Lipinski definition) is 3. The summed E-state index contributed by atoms with van der Waals surface area (Å²) in [7, 11) is 1.59. The van der Waals surface area contributed by atoms with E-state index in [1.54, 1.807) is 7.11 Å². The number of ether oxygens (including phenoxy) is 2. The highest BCUT2D eigenvalue weighted by atomic mass is 16.5. The van der Waals surface area contributed by atoms with Crippen LogP contribution >= 0.6 is 0 Å². The molecule has 0 aromatic rings. The van der Waals surface area contributed by atoms with Crippen molar-refractivity contribution in [2.24, 2.45) is 0 Å². The van der Waals surface area contributed by atoms with E-state index in [-0.39, 0.29) is 5.60 Å². The van der Waals surface area contributed by atoms with Gasteiger partial charge in [0.1, 0.15) is 6.61 Å². The molecule has 1 N–H and O–H groups in total. The SMILES string of the molecule is COCC#CC[C@H](O)COC(C)(C)C. The van der Waals surface area contributed by atoms with E-state index in [0.29, 0.717) is 19.6 Å². The third-order valence-electron chi connectivity index (χ3n) is 1.39. The largest absolute Gasteiger partial charge is 0.390 e. The molecular weight excluding hydrogens is 180 g/mol. The van der Waals surface area contributed by atoms with Gasteiger partial charge in [-0.1, -0.05) is 11.8 Å². The van der Waals surface area contributed by atoms with Crippen molar-refractivity contribution in [3.63, 3.8) is 0 Å². The van der Waals surface area contributed by atoms with Gasteiger partial charge in [-0.25, -0.2) is 0 Å². The predicted octanol–water partition coefficient (Wildman–Crippen LogP) is 1.20. The van der Waals surface area contributed by atoms with E-state index >= 15 is 0 Å². The van der Waals surface area contributed by atoms with Gasteiger partial charge in [0, 0.05) is 13.5 Å². The molecule has 0 aliphatic heterocycles. The van der Waals surface area contributed by atoms with Crippen LogP contribution in [0.4, 0.5) is 0 Å². The topological polar surface area (TPSA) is 38.7 Å². The van der Waals surface area contributed by atoms with Crippen molar-refractivity contribution in [2.45, 2.75) is 38.9 Å². The van der Waals surface area contributed by atoms with Gasteiger partial charge in [-0.2, -0.15) is 0 Å². The fourth-order valence-corrected chi connectivity index (χ4v) is 0.718. The van der Waals surface area contributed by atoms with E-state index in [2.05, 4.69) is 11.8 Å². The van der Waals surface area contributed by atoms with Crippen molar-refractivity contribution in [3.05, 3.63) is 0 Å². The van der Waals surface area contributed by atoms with E-state index in [9.17, 15) is 5.11 Å². The quantitative estimate of drug-likeness (QED) is 0.693. The predicted molar refractivity (Wildman–Crippen MR) is 56.0 cm³/mol. The summed E-state index contributed by atoms with van der Waals surface area (Å²) < 4.78 is 10.2. The summed E-state index contributed by atoms with van der Waals surface area (Å²) in [5, 5.41) is 9.44. The standard InChI is InChI=1S/C11H20O3/c1-11(2,3)14-9-10(12)7-5-6-8-13-4/h10,12H,7-9H2,1-4H3/t10-/m0/s1. The van der Waals surface area contributed by atoms with E-state index in [4.69, 9.17) is 9.47 Å². The maximum Gasteiger partial charge on any atom is 0.107 e. The molecule has 0 heterocycles. The van der Waals surface area contributed by atoms with Gasteiger partial charge in [0.05, 0.1) is 18.3 Å². The van der Waals surface area contributed by atoms with Crippen LogP contribution < -0.4 is 0 Å². The first-order chi connectivity index (χ1) is 6.45. The van der Waals surface area contributed by atoms with Crippen LogP contribution in [0.25, 0.3) is 0 Å². The summed E-state index contributed by atoms with van der Waals surface area (Å²) in [6, 6.07) is 0. The Morgan fingerprint density at radius 1 is 1.29 bits per heavy atom. The van der Waals surface area contributed by atoms with Crippen molar-refractivity contribution in [1.82, 2.24) is 0 Å². The Labute approximate surface area is 86.4 Å². The van der Waals surface area contributed by atoms with Crippen molar-refractivity contribution < 1.29 is 14.6 Å². The number of methoxy groups -OCH3 is 1. The third-order valence-corrected chi connectivity index (χ3v) is 1.39. The molecular formula is C11H20O3.